The third kappa shape index (κ3) is 8.19. The van der Waals surface area contributed by atoms with Gasteiger partial charge in [0.1, 0.15) is 6.04 Å². The van der Waals surface area contributed by atoms with E-state index in [0.29, 0.717) is 19.5 Å². The number of aliphatic carboxylic acids is 2. The van der Waals surface area contributed by atoms with E-state index in [1.54, 1.807) is 4.90 Å². The molecule has 1 fully saturated rings. The standard InChI is InChI=1S/C13H25N3O2.C4H6O6/c1-4-11(16-9-7-8-12(16)17)13(18)14-10-15(5-2)6-3;5-1(3(7)8)2(6)4(9)10/h11H,4-10H2,1-3H3,(H,14,18);1-2,5-6H,(H,7,8)(H,9,10). The van der Waals surface area contributed by atoms with Gasteiger partial charge in [-0.15, -0.1) is 0 Å². The highest BCUT2D eigenvalue weighted by atomic mass is 16.4. The van der Waals surface area contributed by atoms with Gasteiger partial charge in [-0.1, -0.05) is 20.8 Å². The Kier molecular flexibility index (Phi) is 12.0. The molecule has 2 amide bonds. The molecule has 1 aliphatic heterocycles. The van der Waals surface area contributed by atoms with Gasteiger partial charge < -0.3 is 30.6 Å². The lowest BCUT2D eigenvalue weighted by atomic mass is 10.2. The lowest BCUT2D eigenvalue weighted by Crippen LogP contribution is -2.49. The SMILES string of the molecule is CCC(C(=O)NCN(CC)CC)N1CCCC1=O.O=C(O)C(O)C(O)C(=O)O. The van der Waals surface area contributed by atoms with Gasteiger partial charge >= 0.3 is 11.9 Å². The van der Waals surface area contributed by atoms with Crippen molar-refractivity contribution in [3.05, 3.63) is 0 Å². The summed E-state index contributed by atoms with van der Waals surface area (Å²) in [6.07, 6.45) is -2.40. The maximum atomic E-state index is 12.1. The van der Waals surface area contributed by atoms with Crippen LogP contribution in [0.3, 0.4) is 0 Å². The molecular formula is C17H31N3O8. The molecule has 0 aromatic rings. The molecule has 162 valence electrons. The van der Waals surface area contributed by atoms with Crippen molar-refractivity contribution in [1.29, 1.82) is 0 Å². The van der Waals surface area contributed by atoms with Crippen LogP contribution in [0.5, 0.6) is 0 Å². The zero-order valence-corrected chi connectivity index (χ0v) is 16.5. The minimum atomic E-state index is -2.27. The molecule has 1 rings (SSSR count). The van der Waals surface area contributed by atoms with Crippen molar-refractivity contribution >= 4 is 23.8 Å². The third-order valence-corrected chi connectivity index (χ3v) is 4.35. The summed E-state index contributed by atoms with van der Waals surface area (Å²) in [7, 11) is 0. The largest absolute Gasteiger partial charge is 0.479 e. The fourth-order valence-electron chi connectivity index (χ4n) is 2.57. The number of nitrogens with one attached hydrogen (secondary N) is 1. The van der Waals surface area contributed by atoms with E-state index in [9.17, 15) is 19.2 Å². The van der Waals surface area contributed by atoms with Crippen molar-refractivity contribution < 1.29 is 39.6 Å². The second-order valence-corrected chi connectivity index (χ2v) is 6.18. The Labute approximate surface area is 163 Å². The maximum Gasteiger partial charge on any atom is 0.335 e. The molecule has 11 nitrogen and oxygen atoms in total. The Hall–Kier alpha value is -2.24. The molecule has 0 saturated carbocycles. The van der Waals surface area contributed by atoms with Crippen LogP contribution in [-0.2, 0) is 19.2 Å². The van der Waals surface area contributed by atoms with Crippen LogP contribution in [0, 0.1) is 0 Å². The number of carbonyl (C=O) groups is 4. The van der Waals surface area contributed by atoms with Crippen molar-refractivity contribution in [2.45, 2.75) is 58.3 Å². The number of carbonyl (C=O) groups excluding carboxylic acids is 2. The van der Waals surface area contributed by atoms with Crippen molar-refractivity contribution in [1.82, 2.24) is 15.1 Å². The van der Waals surface area contributed by atoms with Crippen molar-refractivity contribution in [3.8, 4) is 0 Å². The Morgan fingerprint density at radius 2 is 1.57 bits per heavy atom. The van der Waals surface area contributed by atoms with Crippen molar-refractivity contribution in [3.63, 3.8) is 0 Å². The van der Waals surface area contributed by atoms with Crippen molar-refractivity contribution in [2.24, 2.45) is 0 Å². The molecule has 0 radical (unpaired) electrons. The molecule has 0 bridgehead atoms. The molecule has 5 N–H and O–H groups in total. The monoisotopic (exact) mass is 405 g/mol. The zero-order chi connectivity index (χ0) is 21.9. The van der Waals surface area contributed by atoms with Gasteiger partial charge in [-0.3, -0.25) is 14.5 Å². The van der Waals surface area contributed by atoms with Gasteiger partial charge in [0.25, 0.3) is 0 Å². The van der Waals surface area contributed by atoms with Crippen LogP contribution in [0.2, 0.25) is 0 Å². The van der Waals surface area contributed by atoms with E-state index in [2.05, 4.69) is 24.1 Å². The molecule has 0 aromatic carbocycles. The maximum absolute atomic E-state index is 12.1. The fourth-order valence-corrected chi connectivity index (χ4v) is 2.57. The third-order valence-electron chi connectivity index (χ3n) is 4.35. The number of amides is 2. The average molecular weight is 405 g/mol. The van der Waals surface area contributed by atoms with Gasteiger partial charge in [0, 0.05) is 13.0 Å². The Morgan fingerprint density at radius 1 is 1.07 bits per heavy atom. The van der Waals surface area contributed by atoms with Gasteiger partial charge in [0.05, 0.1) is 6.67 Å². The number of carboxylic acid groups (broad SMARTS) is 2. The van der Waals surface area contributed by atoms with E-state index >= 15 is 0 Å². The number of aliphatic hydroxyl groups is 2. The summed E-state index contributed by atoms with van der Waals surface area (Å²) in [4.78, 5) is 47.2. The van der Waals surface area contributed by atoms with E-state index in [-0.39, 0.29) is 17.9 Å². The number of aliphatic hydroxyl groups excluding tert-OH is 2. The van der Waals surface area contributed by atoms with Crippen LogP contribution >= 0.6 is 0 Å². The van der Waals surface area contributed by atoms with Crippen LogP contribution in [0.15, 0.2) is 0 Å². The number of carboxylic acids is 2. The number of nitrogens with zero attached hydrogens (tertiary/aromatic N) is 2. The van der Waals surface area contributed by atoms with Crippen LogP contribution in [0.25, 0.3) is 0 Å². The number of likely N-dealkylation sites (tertiary alicyclic amines) is 1. The molecule has 1 aliphatic rings. The Balaban J connectivity index is 0.000000621. The lowest BCUT2D eigenvalue weighted by Gasteiger charge is -2.27. The first-order chi connectivity index (χ1) is 13.1. The summed E-state index contributed by atoms with van der Waals surface area (Å²) in [5, 5.41) is 35.5. The lowest BCUT2D eigenvalue weighted by molar-refractivity contribution is -0.165. The number of hydrogen-bond donors (Lipinski definition) is 5. The molecule has 3 atom stereocenters. The highest BCUT2D eigenvalue weighted by Gasteiger charge is 2.31. The predicted octanol–water partition coefficient (Wildman–Crippen LogP) is -1.32. The highest BCUT2D eigenvalue weighted by Crippen LogP contribution is 2.15. The van der Waals surface area contributed by atoms with Crippen LogP contribution in [0.1, 0.15) is 40.0 Å². The molecule has 11 heteroatoms. The van der Waals surface area contributed by atoms with Gasteiger partial charge in [-0.2, -0.15) is 0 Å². The van der Waals surface area contributed by atoms with Crippen molar-refractivity contribution in [2.75, 3.05) is 26.3 Å². The number of hydrogen-bond acceptors (Lipinski definition) is 7. The summed E-state index contributed by atoms with van der Waals surface area (Å²) in [5.74, 6) is -3.45. The van der Waals surface area contributed by atoms with Gasteiger partial charge in [-0.25, -0.2) is 9.59 Å². The first kappa shape index (κ1) is 25.8. The minimum Gasteiger partial charge on any atom is -0.479 e. The second kappa shape index (κ2) is 13.0. The molecule has 0 spiro atoms. The topological polar surface area (TPSA) is 168 Å². The fraction of sp³-hybridized carbons (Fsp3) is 0.765. The van der Waals surface area contributed by atoms with E-state index < -0.39 is 24.1 Å². The molecule has 1 heterocycles. The Morgan fingerprint density at radius 3 is 1.89 bits per heavy atom. The van der Waals surface area contributed by atoms with Crippen LogP contribution in [0.4, 0.5) is 0 Å². The number of rotatable bonds is 10. The summed E-state index contributed by atoms with van der Waals surface area (Å²) < 4.78 is 0. The molecule has 3 unspecified atom stereocenters. The normalized spacial score (nSPS) is 16.8. The summed E-state index contributed by atoms with van der Waals surface area (Å²) >= 11 is 0. The van der Waals surface area contributed by atoms with Crippen LogP contribution < -0.4 is 5.32 Å². The Bertz CT molecular complexity index is 520. The zero-order valence-electron chi connectivity index (χ0n) is 16.5. The van der Waals surface area contributed by atoms with E-state index in [1.807, 2.05) is 6.92 Å². The quantitative estimate of drug-likeness (QED) is 0.277. The first-order valence-electron chi connectivity index (χ1n) is 9.21. The van der Waals surface area contributed by atoms with Gasteiger partial charge in [0.15, 0.2) is 12.2 Å². The first-order valence-corrected chi connectivity index (χ1v) is 9.21. The minimum absolute atomic E-state index is 0.0281. The molecule has 0 aromatic heterocycles. The predicted molar refractivity (Wildman–Crippen MR) is 98.2 cm³/mol. The molecular weight excluding hydrogens is 374 g/mol. The second-order valence-electron chi connectivity index (χ2n) is 6.18. The van der Waals surface area contributed by atoms with Gasteiger partial charge in [0.2, 0.25) is 11.8 Å². The summed E-state index contributed by atoms with van der Waals surface area (Å²) in [5.41, 5.74) is 0. The van der Waals surface area contributed by atoms with E-state index in [1.165, 1.54) is 0 Å². The smallest absolute Gasteiger partial charge is 0.335 e. The molecule has 1 saturated heterocycles. The van der Waals surface area contributed by atoms with Crippen LogP contribution in [-0.4, -0.2) is 98.5 Å². The average Bonchev–Trinajstić information content (AvgIpc) is 3.08. The summed E-state index contributed by atoms with van der Waals surface area (Å²) in [6, 6.07) is -0.296. The summed E-state index contributed by atoms with van der Waals surface area (Å²) in [6.45, 7) is 9.19. The van der Waals surface area contributed by atoms with Gasteiger partial charge in [-0.05, 0) is 25.9 Å². The molecule has 28 heavy (non-hydrogen) atoms. The van der Waals surface area contributed by atoms with E-state index in [4.69, 9.17) is 20.4 Å². The van der Waals surface area contributed by atoms with E-state index in [0.717, 1.165) is 26.1 Å². The molecule has 0 aliphatic carbocycles. The highest BCUT2D eigenvalue weighted by molar-refractivity contribution is 5.88.